The zero-order valence-corrected chi connectivity index (χ0v) is 23.0. The van der Waals surface area contributed by atoms with Gasteiger partial charge in [-0.3, -0.25) is 0 Å². The number of cyclic esters (lactones) is 1. The summed E-state index contributed by atoms with van der Waals surface area (Å²) in [5.74, 6) is 0.102. The summed E-state index contributed by atoms with van der Waals surface area (Å²) in [5.41, 5.74) is 1.60. The number of nitrogens with zero attached hydrogens (tertiary/aromatic N) is 5. The first-order valence-electron chi connectivity index (χ1n) is 14.3. The van der Waals surface area contributed by atoms with Crippen molar-refractivity contribution >= 4 is 11.7 Å². The molecule has 2 fully saturated rings. The Labute approximate surface area is 232 Å². The van der Waals surface area contributed by atoms with Crippen molar-refractivity contribution in [2.75, 3.05) is 0 Å². The molecule has 0 bridgehead atoms. The third kappa shape index (κ3) is 4.53. The monoisotopic (exact) mass is 543 g/mol. The number of hydrogen-bond donors (Lipinski definition) is 1. The van der Waals surface area contributed by atoms with Gasteiger partial charge in [0.05, 0.1) is 17.1 Å². The molecule has 9 heteroatoms. The Morgan fingerprint density at radius 1 is 1.18 bits per heavy atom. The largest absolute Gasteiger partial charge is 0.512 e. The summed E-state index contributed by atoms with van der Waals surface area (Å²) in [6.07, 6.45) is 7.53. The van der Waals surface area contributed by atoms with E-state index in [-0.39, 0.29) is 35.9 Å². The summed E-state index contributed by atoms with van der Waals surface area (Å²) in [4.78, 5) is 22.3. The van der Waals surface area contributed by atoms with E-state index in [0.29, 0.717) is 42.8 Å². The maximum atomic E-state index is 15.1. The molecule has 2 aliphatic carbocycles. The molecule has 1 aliphatic heterocycles. The van der Waals surface area contributed by atoms with Crippen LogP contribution in [0.3, 0.4) is 0 Å². The van der Waals surface area contributed by atoms with Crippen LogP contribution in [0.5, 0.6) is 0 Å². The predicted molar refractivity (Wildman–Crippen MR) is 145 cm³/mol. The highest BCUT2D eigenvalue weighted by atomic mass is 19.1. The fourth-order valence-electron chi connectivity index (χ4n) is 6.86. The van der Waals surface area contributed by atoms with Crippen LogP contribution in [0.4, 0.5) is 4.39 Å². The number of aliphatic hydroxyl groups is 1. The van der Waals surface area contributed by atoms with Gasteiger partial charge in [0.25, 0.3) is 5.78 Å². The molecule has 1 N–H and O–H groups in total. The number of halogens is 1. The van der Waals surface area contributed by atoms with Crippen LogP contribution in [0.2, 0.25) is 0 Å². The Kier molecular flexibility index (Phi) is 6.60. The SMILES string of the molecule is Cc1cc(C)n2nc(CC3=C(O)CC(CCc4ccc(C5(C#N)CCC5)c(F)c4)(C4CCCC4)OC3=O)nc2n1. The van der Waals surface area contributed by atoms with E-state index in [1.54, 1.807) is 10.6 Å². The minimum absolute atomic E-state index is 0.0188. The summed E-state index contributed by atoms with van der Waals surface area (Å²) in [6.45, 7) is 3.80. The van der Waals surface area contributed by atoms with Crippen LogP contribution < -0.4 is 0 Å². The molecule has 0 spiro atoms. The van der Waals surface area contributed by atoms with Crippen LogP contribution in [0.25, 0.3) is 5.78 Å². The second-order valence-corrected chi connectivity index (χ2v) is 11.9. The molecule has 0 radical (unpaired) electrons. The van der Waals surface area contributed by atoms with Gasteiger partial charge in [-0.2, -0.15) is 10.2 Å². The molecule has 1 atom stereocenters. The fourth-order valence-corrected chi connectivity index (χ4v) is 6.86. The van der Waals surface area contributed by atoms with Crippen molar-refractivity contribution in [2.45, 2.75) is 95.5 Å². The zero-order valence-electron chi connectivity index (χ0n) is 23.0. The molecule has 40 heavy (non-hydrogen) atoms. The van der Waals surface area contributed by atoms with E-state index >= 15 is 4.39 Å². The van der Waals surface area contributed by atoms with Gasteiger partial charge in [0, 0.05) is 29.8 Å². The Morgan fingerprint density at radius 3 is 2.60 bits per heavy atom. The molecule has 3 aliphatic rings. The highest BCUT2D eigenvalue weighted by Gasteiger charge is 2.48. The van der Waals surface area contributed by atoms with E-state index in [1.165, 1.54) is 6.07 Å². The molecule has 6 rings (SSSR count). The van der Waals surface area contributed by atoms with E-state index in [2.05, 4.69) is 21.1 Å². The molecule has 2 aromatic heterocycles. The van der Waals surface area contributed by atoms with Gasteiger partial charge in [-0.25, -0.2) is 18.7 Å². The molecule has 2 saturated carbocycles. The van der Waals surface area contributed by atoms with Crippen LogP contribution in [0.1, 0.15) is 86.1 Å². The molecule has 0 amide bonds. The average molecular weight is 544 g/mol. The Balaban J connectivity index is 1.24. The third-order valence-corrected chi connectivity index (χ3v) is 9.26. The van der Waals surface area contributed by atoms with Gasteiger partial charge in [-0.1, -0.05) is 25.0 Å². The molecule has 8 nitrogen and oxygen atoms in total. The zero-order chi connectivity index (χ0) is 28.1. The van der Waals surface area contributed by atoms with Crippen molar-refractivity contribution in [1.82, 2.24) is 19.6 Å². The Bertz CT molecular complexity index is 1560. The summed E-state index contributed by atoms with van der Waals surface area (Å²) in [7, 11) is 0. The maximum absolute atomic E-state index is 15.1. The number of carbonyl (C=O) groups is 1. The average Bonchev–Trinajstić information content (AvgIpc) is 3.57. The lowest BCUT2D eigenvalue weighted by Gasteiger charge is -2.42. The summed E-state index contributed by atoms with van der Waals surface area (Å²) < 4.78 is 23.0. The molecule has 208 valence electrons. The lowest BCUT2D eigenvalue weighted by atomic mass is 9.65. The van der Waals surface area contributed by atoms with Crippen molar-refractivity contribution in [2.24, 2.45) is 5.92 Å². The number of nitriles is 1. The quantitative estimate of drug-likeness (QED) is 0.381. The molecular formula is C31H34FN5O3. The number of ether oxygens (including phenoxy) is 1. The third-order valence-electron chi connectivity index (χ3n) is 9.26. The molecule has 0 saturated heterocycles. The molecular weight excluding hydrogens is 509 g/mol. The first kappa shape index (κ1) is 26.4. The highest BCUT2D eigenvalue weighted by molar-refractivity contribution is 5.90. The number of esters is 1. The number of aromatic nitrogens is 4. The predicted octanol–water partition coefficient (Wildman–Crippen LogP) is 5.69. The Morgan fingerprint density at radius 2 is 1.95 bits per heavy atom. The molecule has 3 aromatic rings. The van der Waals surface area contributed by atoms with Gasteiger partial charge in [-0.15, -0.1) is 5.10 Å². The fraction of sp³-hybridized carbons (Fsp3) is 0.516. The van der Waals surface area contributed by atoms with Crippen molar-refractivity contribution < 1.29 is 19.0 Å². The topological polar surface area (TPSA) is 113 Å². The van der Waals surface area contributed by atoms with Crippen LogP contribution in [-0.4, -0.2) is 36.3 Å². The standard InChI is InChI=1S/C31H34FN5O3/c1-19-14-20(2)37-29(34-19)35-27(36-37)16-23-26(38)17-31(40-28(23)39,22-6-3-4-7-22)13-10-21-8-9-24(25(32)15-21)30(18-33)11-5-12-30/h8-9,14-15,22,38H,3-7,10-13,16-17H2,1-2H3. The van der Waals surface area contributed by atoms with Crippen molar-refractivity contribution in [1.29, 1.82) is 5.26 Å². The Hall–Kier alpha value is -3.80. The first-order chi connectivity index (χ1) is 19.2. The maximum Gasteiger partial charge on any atom is 0.338 e. The highest BCUT2D eigenvalue weighted by Crippen LogP contribution is 2.47. The number of hydrogen-bond acceptors (Lipinski definition) is 7. The summed E-state index contributed by atoms with van der Waals surface area (Å²) in [6, 6.07) is 9.38. The van der Waals surface area contributed by atoms with Crippen molar-refractivity contribution in [3.8, 4) is 6.07 Å². The lowest BCUT2D eigenvalue weighted by molar-refractivity contribution is -0.167. The van der Waals surface area contributed by atoms with Gasteiger partial charge in [0.15, 0.2) is 5.82 Å². The van der Waals surface area contributed by atoms with Gasteiger partial charge in [0.2, 0.25) is 0 Å². The lowest BCUT2D eigenvalue weighted by Crippen LogP contribution is -2.46. The van der Waals surface area contributed by atoms with Gasteiger partial charge in [0.1, 0.15) is 17.2 Å². The van der Waals surface area contributed by atoms with E-state index < -0.39 is 17.0 Å². The second-order valence-electron chi connectivity index (χ2n) is 11.9. The van der Waals surface area contributed by atoms with Crippen molar-refractivity contribution in [3.63, 3.8) is 0 Å². The number of rotatable bonds is 7. The van der Waals surface area contributed by atoms with Crippen LogP contribution in [-0.2, 0) is 27.8 Å². The number of aryl methyl sites for hydroxylation is 3. The van der Waals surface area contributed by atoms with Crippen LogP contribution in [0.15, 0.2) is 35.6 Å². The molecule has 1 aromatic carbocycles. The summed E-state index contributed by atoms with van der Waals surface area (Å²) in [5, 5.41) is 25.3. The first-order valence-corrected chi connectivity index (χ1v) is 14.3. The van der Waals surface area contributed by atoms with Gasteiger partial charge >= 0.3 is 5.97 Å². The number of aliphatic hydroxyl groups excluding tert-OH is 1. The van der Waals surface area contributed by atoms with E-state index in [0.717, 1.165) is 49.1 Å². The minimum Gasteiger partial charge on any atom is -0.512 e. The van der Waals surface area contributed by atoms with E-state index in [1.807, 2.05) is 26.0 Å². The van der Waals surface area contributed by atoms with Gasteiger partial charge in [-0.05, 0) is 82.4 Å². The number of benzene rings is 1. The molecule has 3 heterocycles. The van der Waals surface area contributed by atoms with Crippen LogP contribution in [0, 0.1) is 36.9 Å². The minimum atomic E-state index is -0.847. The summed E-state index contributed by atoms with van der Waals surface area (Å²) >= 11 is 0. The van der Waals surface area contributed by atoms with E-state index in [9.17, 15) is 15.2 Å². The number of fused-ring (bicyclic) bond motifs is 1. The second kappa shape index (κ2) is 9.99. The normalized spacial score (nSPS) is 22.8. The van der Waals surface area contributed by atoms with E-state index in [4.69, 9.17) is 4.74 Å². The van der Waals surface area contributed by atoms with Gasteiger partial charge < -0.3 is 9.84 Å². The van der Waals surface area contributed by atoms with Crippen LogP contribution >= 0.6 is 0 Å². The number of carbonyl (C=O) groups excluding carboxylic acids is 1. The smallest absolute Gasteiger partial charge is 0.338 e. The molecule has 1 unspecified atom stereocenters. The van der Waals surface area contributed by atoms with Crippen molar-refractivity contribution in [3.05, 3.63) is 69.8 Å².